The van der Waals surface area contributed by atoms with Gasteiger partial charge in [-0.1, -0.05) is 0 Å². The summed E-state index contributed by atoms with van der Waals surface area (Å²) in [5.41, 5.74) is 5.49. The quantitative estimate of drug-likeness (QED) is 0.534. The van der Waals surface area contributed by atoms with Crippen LogP contribution >= 0.6 is 0 Å². The number of sulfonamides is 1. The lowest BCUT2D eigenvalue weighted by Gasteiger charge is -2.08. The Hall–Kier alpha value is -2.06. The molecule has 8 heteroatoms. The van der Waals surface area contributed by atoms with Crippen LogP contribution in [0, 0.1) is 0 Å². The minimum atomic E-state index is -3.63. The van der Waals surface area contributed by atoms with Gasteiger partial charge in [0.05, 0.1) is 17.1 Å². The molecule has 0 atom stereocenters. The molecule has 2 rings (SSSR count). The molecule has 0 fully saturated rings. The number of aromatic hydroxyl groups is 1. The molecule has 0 spiro atoms. The lowest BCUT2D eigenvalue weighted by atomic mass is 10.3. The van der Waals surface area contributed by atoms with Gasteiger partial charge in [0.1, 0.15) is 5.75 Å². The maximum Gasteiger partial charge on any atom is 0.240 e. The molecular formula is C11H14N4O3S. The number of anilines is 1. The summed E-state index contributed by atoms with van der Waals surface area (Å²) in [6.45, 7) is 0.643. The monoisotopic (exact) mass is 282 g/mol. The van der Waals surface area contributed by atoms with Crippen LogP contribution in [0.3, 0.4) is 0 Å². The standard InChI is InChI=1S/C11H14N4O3S/c12-10-8-9(2-3-11(10)16)19(17,18)14-5-7-15-6-1-4-13-15/h1-4,6,8,14,16H,5,7,12H2. The van der Waals surface area contributed by atoms with Gasteiger partial charge in [-0.2, -0.15) is 5.10 Å². The fourth-order valence-corrected chi connectivity index (χ4v) is 2.57. The predicted octanol–water partition coefficient (Wildman–Crippen LogP) is 0.149. The van der Waals surface area contributed by atoms with Crippen molar-refractivity contribution in [1.29, 1.82) is 0 Å². The summed E-state index contributed by atoms with van der Waals surface area (Å²) < 4.78 is 27.9. The van der Waals surface area contributed by atoms with Crippen LogP contribution in [0.25, 0.3) is 0 Å². The Bertz CT molecular complexity index is 653. The number of hydrogen-bond donors (Lipinski definition) is 3. The fraction of sp³-hybridized carbons (Fsp3) is 0.182. The highest BCUT2D eigenvalue weighted by molar-refractivity contribution is 7.89. The normalized spacial score (nSPS) is 11.6. The van der Waals surface area contributed by atoms with Gasteiger partial charge in [0.2, 0.25) is 10.0 Å². The molecule has 0 saturated heterocycles. The molecule has 1 aromatic heterocycles. The van der Waals surface area contributed by atoms with Crippen LogP contribution < -0.4 is 10.5 Å². The van der Waals surface area contributed by atoms with E-state index >= 15 is 0 Å². The summed E-state index contributed by atoms with van der Waals surface area (Å²) in [5.74, 6) is -0.143. The van der Waals surface area contributed by atoms with E-state index in [4.69, 9.17) is 5.73 Å². The number of phenols is 1. The van der Waals surface area contributed by atoms with Crippen molar-refractivity contribution in [2.24, 2.45) is 0 Å². The van der Waals surface area contributed by atoms with Gasteiger partial charge in [-0.3, -0.25) is 4.68 Å². The van der Waals surface area contributed by atoms with Crippen molar-refractivity contribution >= 4 is 15.7 Å². The minimum absolute atomic E-state index is 0.0169. The number of hydrogen-bond acceptors (Lipinski definition) is 5. The van der Waals surface area contributed by atoms with E-state index < -0.39 is 10.0 Å². The Balaban J connectivity index is 2.03. The molecule has 1 aromatic carbocycles. The molecule has 19 heavy (non-hydrogen) atoms. The molecule has 0 amide bonds. The van der Waals surface area contributed by atoms with E-state index in [1.54, 1.807) is 23.1 Å². The number of phenolic OH excluding ortho intramolecular Hbond substituents is 1. The number of nitrogen functional groups attached to an aromatic ring is 1. The average molecular weight is 282 g/mol. The van der Waals surface area contributed by atoms with E-state index in [2.05, 4.69) is 9.82 Å². The molecule has 1 heterocycles. The molecule has 0 radical (unpaired) electrons. The van der Waals surface area contributed by atoms with Gasteiger partial charge in [0.15, 0.2) is 0 Å². The lowest BCUT2D eigenvalue weighted by Crippen LogP contribution is -2.27. The highest BCUT2D eigenvalue weighted by Gasteiger charge is 2.14. The van der Waals surface area contributed by atoms with Crippen molar-refractivity contribution in [3.8, 4) is 5.75 Å². The Morgan fingerprint density at radius 3 is 2.84 bits per heavy atom. The second kappa shape index (κ2) is 5.29. The van der Waals surface area contributed by atoms with Crippen molar-refractivity contribution in [2.45, 2.75) is 11.4 Å². The number of rotatable bonds is 5. The molecular weight excluding hydrogens is 268 g/mol. The second-order valence-corrected chi connectivity index (χ2v) is 5.65. The molecule has 0 saturated carbocycles. The topological polar surface area (TPSA) is 110 Å². The van der Waals surface area contributed by atoms with Crippen molar-refractivity contribution in [3.05, 3.63) is 36.7 Å². The third-order valence-corrected chi connectivity index (χ3v) is 3.96. The molecule has 0 bridgehead atoms. The van der Waals surface area contributed by atoms with Crippen molar-refractivity contribution in [3.63, 3.8) is 0 Å². The maximum atomic E-state index is 11.9. The van der Waals surface area contributed by atoms with Crippen LogP contribution in [0.4, 0.5) is 5.69 Å². The summed E-state index contributed by atoms with van der Waals surface area (Å²) >= 11 is 0. The zero-order valence-corrected chi connectivity index (χ0v) is 10.8. The van der Waals surface area contributed by atoms with Crippen LogP contribution in [0.15, 0.2) is 41.6 Å². The van der Waals surface area contributed by atoms with Crippen LogP contribution in [-0.2, 0) is 16.6 Å². The highest BCUT2D eigenvalue weighted by Crippen LogP contribution is 2.22. The van der Waals surface area contributed by atoms with E-state index in [1.807, 2.05) is 0 Å². The van der Waals surface area contributed by atoms with Crippen LogP contribution in [0.1, 0.15) is 0 Å². The molecule has 0 aliphatic heterocycles. The van der Waals surface area contributed by atoms with Gasteiger partial charge in [-0.05, 0) is 24.3 Å². The Morgan fingerprint density at radius 1 is 1.42 bits per heavy atom. The summed E-state index contributed by atoms with van der Waals surface area (Å²) in [5, 5.41) is 13.2. The number of nitrogens with one attached hydrogen (secondary N) is 1. The third-order valence-electron chi connectivity index (χ3n) is 2.50. The van der Waals surface area contributed by atoms with Crippen molar-refractivity contribution in [1.82, 2.24) is 14.5 Å². The molecule has 7 nitrogen and oxygen atoms in total. The smallest absolute Gasteiger partial charge is 0.240 e. The van der Waals surface area contributed by atoms with Gasteiger partial charge in [0, 0.05) is 18.9 Å². The minimum Gasteiger partial charge on any atom is -0.506 e. The molecule has 0 aliphatic rings. The predicted molar refractivity (Wildman–Crippen MR) is 69.9 cm³/mol. The van der Waals surface area contributed by atoms with Gasteiger partial charge >= 0.3 is 0 Å². The SMILES string of the molecule is Nc1cc(S(=O)(=O)NCCn2cccn2)ccc1O. The van der Waals surface area contributed by atoms with Crippen molar-refractivity contribution in [2.75, 3.05) is 12.3 Å². The van der Waals surface area contributed by atoms with Crippen LogP contribution in [0.5, 0.6) is 5.75 Å². The first-order valence-electron chi connectivity index (χ1n) is 5.54. The van der Waals surface area contributed by atoms with Gasteiger partial charge in [-0.25, -0.2) is 13.1 Å². The summed E-state index contributed by atoms with van der Waals surface area (Å²) in [7, 11) is -3.63. The zero-order chi connectivity index (χ0) is 13.9. The van der Waals surface area contributed by atoms with Gasteiger partial charge in [-0.15, -0.1) is 0 Å². The molecule has 0 unspecified atom stereocenters. The van der Waals surface area contributed by atoms with E-state index in [9.17, 15) is 13.5 Å². The van der Waals surface area contributed by atoms with E-state index in [0.29, 0.717) is 6.54 Å². The van der Waals surface area contributed by atoms with E-state index in [1.165, 1.54) is 18.2 Å². The Labute approximate surface area is 110 Å². The number of aromatic nitrogens is 2. The number of nitrogens with zero attached hydrogens (tertiary/aromatic N) is 2. The lowest BCUT2D eigenvalue weighted by molar-refractivity contribution is 0.477. The van der Waals surface area contributed by atoms with Gasteiger partial charge in [0.25, 0.3) is 0 Å². The van der Waals surface area contributed by atoms with Crippen LogP contribution in [0.2, 0.25) is 0 Å². The molecule has 0 aliphatic carbocycles. The van der Waals surface area contributed by atoms with Gasteiger partial charge < -0.3 is 10.8 Å². The van der Waals surface area contributed by atoms with Crippen LogP contribution in [-0.4, -0.2) is 29.8 Å². The number of benzene rings is 1. The largest absolute Gasteiger partial charge is 0.506 e. The maximum absolute atomic E-state index is 11.9. The Kier molecular flexibility index (Phi) is 3.72. The van der Waals surface area contributed by atoms with Crippen molar-refractivity contribution < 1.29 is 13.5 Å². The third kappa shape index (κ3) is 3.24. The zero-order valence-electron chi connectivity index (χ0n) is 10.0. The second-order valence-electron chi connectivity index (χ2n) is 3.89. The summed E-state index contributed by atoms with van der Waals surface area (Å²) in [6, 6.07) is 5.51. The average Bonchev–Trinajstić information content (AvgIpc) is 2.85. The first kappa shape index (κ1) is 13.4. The highest BCUT2D eigenvalue weighted by atomic mass is 32.2. The van der Waals surface area contributed by atoms with E-state index in [-0.39, 0.29) is 22.9 Å². The fourth-order valence-electron chi connectivity index (χ4n) is 1.51. The Morgan fingerprint density at radius 2 is 2.21 bits per heavy atom. The first-order valence-corrected chi connectivity index (χ1v) is 7.03. The summed E-state index contributed by atoms with van der Waals surface area (Å²) in [4.78, 5) is 0.0169. The molecule has 102 valence electrons. The molecule has 4 N–H and O–H groups in total. The summed E-state index contributed by atoms with van der Waals surface area (Å²) in [6.07, 6.45) is 3.36. The first-order chi connectivity index (χ1) is 8.99. The molecule has 2 aromatic rings. The number of nitrogens with two attached hydrogens (primary N) is 1. The van der Waals surface area contributed by atoms with E-state index in [0.717, 1.165) is 0 Å².